The van der Waals surface area contributed by atoms with E-state index in [0.717, 1.165) is 17.2 Å². The Morgan fingerprint density at radius 3 is 2.94 bits per heavy atom. The summed E-state index contributed by atoms with van der Waals surface area (Å²) in [5.41, 5.74) is 1.78. The SMILES string of the molecule is O=C(O)CCc1cnc(Cc2ccccn2)[nH]1. The van der Waals surface area contributed by atoms with Gasteiger partial charge in [-0.05, 0) is 18.6 Å². The van der Waals surface area contributed by atoms with E-state index in [1.807, 2.05) is 18.2 Å². The van der Waals surface area contributed by atoms with Crippen LogP contribution in [0.25, 0.3) is 0 Å². The predicted octanol–water partition coefficient (Wildman–Crippen LogP) is 1.41. The van der Waals surface area contributed by atoms with E-state index < -0.39 is 5.97 Å². The van der Waals surface area contributed by atoms with Gasteiger partial charge in [0.15, 0.2) is 0 Å². The molecule has 2 N–H and O–H groups in total. The number of hydrogen-bond donors (Lipinski definition) is 2. The maximum atomic E-state index is 10.4. The molecule has 0 amide bonds. The number of carboxylic acids is 1. The summed E-state index contributed by atoms with van der Waals surface area (Å²) in [7, 11) is 0. The summed E-state index contributed by atoms with van der Waals surface area (Å²) < 4.78 is 0. The summed E-state index contributed by atoms with van der Waals surface area (Å²) in [5.74, 6) is 0.00923. The number of hydrogen-bond acceptors (Lipinski definition) is 3. The highest BCUT2D eigenvalue weighted by Gasteiger charge is 2.04. The van der Waals surface area contributed by atoms with Gasteiger partial charge in [-0.1, -0.05) is 6.07 Å². The van der Waals surface area contributed by atoms with Crippen LogP contribution in [0.4, 0.5) is 0 Å². The van der Waals surface area contributed by atoms with E-state index in [-0.39, 0.29) is 6.42 Å². The molecule has 0 spiro atoms. The maximum absolute atomic E-state index is 10.4. The van der Waals surface area contributed by atoms with Crippen LogP contribution in [0.5, 0.6) is 0 Å². The van der Waals surface area contributed by atoms with E-state index in [9.17, 15) is 4.79 Å². The van der Waals surface area contributed by atoms with Crippen LogP contribution >= 0.6 is 0 Å². The van der Waals surface area contributed by atoms with E-state index in [1.54, 1.807) is 12.4 Å². The fourth-order valence-electron chi connectivity index (χ4n) is 1.54. The van der Waals surface area contributed by atoms with Crippen molar-refractivity contribution in [3.8, 4) is 0 Å². The highest BCUT2D eigenvalue weighted by atomic mass is 16.4. The number of aliphatic carboxylic acids is 1. The third-order valence-corrected chi connectivity index (χ3v) is 2.36. The van der Waals surface area contributed by atoms with E-state index in [1.165, 1.54) is 0 Å². The molecule has 2 heterocycles. The van der Waals surface area contributed by atoms with Crippen LogP contribution in [0.2, 0.25) is 0 Å². The van der Waals surface area contributed by atoms with Crippen LogP contribution in [-0.4, -0.2) is 26.0 Å². The number of aryl methyl sites for hydroxylation is 1. The molecule has 0 aliphatic heterocycles. The van der Waals surface area contributed by atoms with Gasteiger partial charge >= 0.3 is 5.97 Å². The van der Waals surface area contributed by atoms with Gasteiger partial charge in [0.25, 0.3) is 0 Å². The lowest BCUT2D eigenvalue weighted by Gasteiger charge is -1.96. The molecule has 0 aliphatic rings. The fourth-order valence-corrected chi connectivity index (χ4v) is 1.54. The van der Waals surface area contributed by atoms with Crippen LogP contribution < -0.4 is 0 Å². The fraction of sp³-hybridized carbons (Fsp3) is 0.250. The van der Waals surface area contributed by atoms with Crippen molar-refractivity contribution in [1.29, 1.82) is 0 Å². The number of aromatic nitrogens is 3. The molecular weight excluding hydrogens is 218 g/mol. The molecule has 17 heavy (non-hydrogen) atoms. The standard InChI is InChI=1S/C12H13N3O2/c16-12(17)5-4-10-8-14-11(15-10)7-9-3-1-2-6-13-9/h1-3,6,8H,4-5,7H2,(H,14,15)(H,16,17). The lowest BCUT2D eigenvalue weighted by Crippen LogP contribution is -1.98. The van der Waals surface area contributed by atoms with E-state index >= 15 is 0 Å². The molecule has 0 atom stereocenters. The second-order valence-corrected chi connectivity index (χ2v) is 3.75. The molecule has 0 fully saturated rings. The zero-order valence-electron chi connectivity index (χ0n) is 9.26. The summed E-state index contributed by atoms with van der Waals surface area (Å²) in [6, 6.07) is 5.72. The number of nitrogens with zero attached hydrogens (tertiary/aromatic N) is 2. The van der Waals surface area contributed by atoms with Crippen molar-refractivity contribution in [3.05, 3.63) is 47.8 Å². The van der Waals surface area contributed by atoms with Gasteiger partial charge in [0, 0.05) is 30.2 Å². The smallest absolute Gasteiger partial charge is 0.303 e. The first-order chi connectivity index (χ1) is 8.24. The van der Waals surface area contributed by atoms with Crippen LogP contribution in [0.1, 0.15) is 23.6 Å². The molecule has 0 saturated heterocycles. The summed E-state index contributed by atoms with van der Waals surface area (Å²) in [5, 5.41) is 8.57. The zero-order chi connectivity index (χ0) is 12.1. The summed E-state index contributed by atoms with van der Waals surface area (Å²) in [4.78, 5) is 21.9. The lowest BCUT2D eigenvalue weighted by atomic mass is 10.2. The number of nitrogens with one attached hydrogen (secondary N) is 1. The van der Waals surface area contributed by atoms with Gasteiger partial charge in [-0.15, -0.1) is 0 Å². The second-order valence-electron chi connectivity index (χ2n) is 3.75. The molecule has 0 saturated carbocycles. The topological polar surface area (TPSA) is 78.9 Å². The molecule has 0 aliphatic carbocycles. The van der Waals surface area contributed by atoms with Crippen molar-refractivity contribution >= 4 is 5.97 Å². The van der Waals surface area contributed by atoms with Crippen molar-refractivity contribution in [2.24, 2.45) is 0 Å². The van der Waals surface area contributed by atoms with Crippen molar-refractivity contribution < 1.29 is 9.90 Å². The van der Waals surface area contributed by atoms with Crippen molar-refractivity contribution in [2.75, 3.05) is 0 Å². The first kappa shape index (κ1) is 11.3. The molecule has 2 aromatic heterocycles. The number of aromatic amines is 1. The quantitative estimate of drug-likeness (QED) is 0.815. The zero-order valence-corrected chi connectivity index (χ0v) is 9.26. The number of H-pyrrole nitrogens is 1. The predicted molar refractivity (Wildman–Crippen MR) is 61.6 cm³/mol. The van der Waals surface area contributed by atoms with Gasteiger partial charge in [0.1, 0.15) is 5.82 Å². The third kappa shape index (κ3) is 3.41. The Morgan fingerprint density at radius 2 is 2.24 bits per heavy atom. The molecule has 5 nitrogen and oxygen atoms in total. The van der Waals surface area contributed by atoms with Crippen molar-refractivity contribution in [1.82, 2.24) is 15.0 Å². The summed E-state index contributed by atoms with van der Waals surface area (Å²) in [6.45, 7) is 0. The largest absolute Gasteiger partial charge is 0.481 e. The summed E-state index contributed by atoms with van der Waals surface area (Å²) in [6.07, 6.45) is 4.65. The van der Waals surface area contributed by atoms with Crippen molar-refractivity contribution in [2.45, 2.75) is 19.3 Å². The number of pyridine rings is 1. The minimum Gasteiger partial charge on any atom is -0.481 e. The molecule has 0 unspecified atom stereocenters. The molecule has 5 heteroatoms. The van der Waals surface area contributed by atoms with Gasteiger partial charge < -0.3 is 10.1 Å². The lowest BCUT2D eigenvalue weighted by molar-refractivity contribution is -0.136. The monoisotopic (exact) mass is 231 g/mol. The van der Waals surface area contributed by atoms with Crippen molar-refractivity contribution in [3.63, 3.8) is 0 Å². The first-order valence-electron chi connectivity index (χ1n) is 5.38. The van der Waals surface area contributed by atoms with E-state index in [0.29, 0.717) is 12.8 Å². The Bertz CT molecular complexity index is 493. The van der Waals surface area contributed by atoms with Crippen LogP contribution in [-0.2, 0) is 17.6 Å². The number of carbonyl (C=O) groups is 1. The Hall–Kier alpha value is -2.17. The van der Waals surface area contributed by atoms with Crippen LogP contribution in [0.3, 0.4) is 0 Å². The molecule has 0 aromatic carbocycles. The number of rotatable bonds is 5. The molecule has 2 aromatic rings. The average molecular weight is 231 g/mol. The van der Waals surface area contributed by atoms with Gasteiger partial charge in [-0.3, -0.25) is 9.78 Å². The molecule has 2 rings (SSSR count). The maximum Gasteiger partial charge on any atom is 0.303 e. The Balaban J connectivity index is 1.97. The molecule has 88 valence electrons. The molecule has 0 bridgehead atoms. The summed E-state index contributed by atoms with van der Waals surface area (Å²) >= 11 is 0. The van der Waals surface area contributed by atoms with E-state index in [4.69, 9.17) is 5.11 Å². The molecular formula is C12H13N3O2. The second kappa shape index (κ2) is 5.25. The molecule has 0 radical (unpaired) electrons. The van der Waals surface area contributed by atoms with Crippen LogP contribution in [0.15, 0.2) is 30.6 Å². The first-order valence-corrected chi connectivity index (χ1v) is 5.38. The van der Waals surface area contributed by atoms with Gasteiger partial charge in [-0.25, -0.2) is 4.98 Å². The van der Waals surface area contributed by atoms with Gasteiger partial charge in [0.2, 0.25) is 0 Å². The highest BCUT2D eigenvalue weighted by molar-refractivity contribution is 5.66. The van der Waals surface area contributed by atoms with Gasteiger partial charge in [0.05, 0.1) is 6.42 Å². The third-order valence-electron chi connectivity index (χ3n) is 2.36. The Labute approximate surface area is 98.6 Å². The Morgan fingerprint density at radius 1 is 1.35 bits per heavy atom. The average Bonchev–Trinajstić information content (AvgIpc) is 2.75. The van der Waals surface area contributed by atoms with Crippen LogP contribution in [0, 0.1) is 0 Å². The Kier molecular flexibility index (Phi) is 3.49. The van der Waals surface area contributed by atoms with Gasteiger partial charge in [-0.2, -0.15) is 0 Å². The highest BCUT2D eigenvalue weighted by Crippen LogP contribution is 2.05. The van der Waals surface area contributed by atoms with E-state index in [2.05, 4.69) is 15.0 Å². The number of carboxylic acid groups (broad SMARTS) is 1. The normalized spacial score (nSPS) is 10.4. The minimum atomic E-state index is -0.800. The number of imidazole rings is 1. The minimum absolute atomic E-state index is 0.116.